The van der Waals surface area contributed by atoms with Gasteiger partial charge in [-0.1, -0.05) is 97.8 Å². The zero-order valence-corrected chi connectivity index (χ0v) is 20.9. The normalized spacial score (nSPS) is 6.48. The molecule has 0 aliphatic heterocycles. The van der Waals surface area contributed by atoms with Gasteiger partial charge in [-0.3, -0.25) is 0 Å². The fourth-order valence-corrected chi connectivity index (χ4v) is 2.93. The van der Waals surface area contributed by atoms with Crippen molar-refractivity contribution in [1.29, 1.82) is 0 Å². The first kappa shape index (κ1) is 57.6. The first-order valence-corrected chi connectivity index (χ1v) is 9.71. The van der Waals surface area contributed by atoms with Crippen molar-refractivity contribution in [2.75, 3.05) is 0 Å². The van der Waals surface area contributed by atoms with E-state index < -0.39 is 20.8 Å². The molecule has 0 spiro atoms. The van der Waals surface area contributed by atoms with Crippen molar-refractivity contribution in [3.63, 3.8) is 0 Å². The van der Waals surface area contributed by atoms with Gasteiger partial charge in [0.05, 0.1) is 0 Å². The molecule has 2 aromatic rings. The number of hydrogen-bond donors (Lipinski definition) is 0. The molecule has 10 heteroatoms. The van der Waals surface area contributed by atoms with E-state index in [1.165, 1.54) is 0 Å². The molecule has 0 bridgehead atoms. The Hall–Kier alpha value is 1.83. The standard InChI is InChI=1S/C14H10O2S2.5CH4.4Ag.H2S.S/c15-17(13-7-3-1-4-8-13)11-12-18(16)14-9-5-2-6-10-14;;;;;;;;;;;/h1-10H;5*1H4;;;;;1H2;/q-2;;;;;;;;2*+1;;. The van der Waals surface area contributed by atoms with Crippen LogP contribution in [0.25, 0.3) is 0 Å². The van der Waals surface area contributed by atoms with Crippen LogP contribution in [-0.2, 0) is 116 Å². The van der Waals surface area contributed by atoms with E-state index in [4.69, 9.17) is 0 Å². The van der Waals surface area contributed by atoms with Gasteiger partial charge in [0.2, 0.25) is 0 Å². The predicted molar refractivity (Wildman–Crippen MR) is 127 cm³/mol. The fraction of sp³-hybridized carbons (Fsp3) is 0.263. The van der Waals surface area contributed by atoms with Crippen LogP contribution in [-0.4, -0.2) is 10.0 Å². The van der Waals surface area contributed by atoms with E-state index in [0.29, 0.717) is 9.79 Å². The van der Waals surface area contributed by atoms with Crippen LogP contribution in [0.15, 0.2) is 70.5 Å². The average Bonchev–Trinajstić information content (AvgIpc) is 2.55. The third-order valence-corrected chi connectivity index (χ3v) is 4.25. The second-order valence-corrected chi connectivity index (χ2v) is 5.79. The maximum absolute atomic E-state index is 11.8. The number of rotatable bonds is 2. The summed E-state index contributed by atoms with van der Waals surface area (Å²) in [7, 11) is 1.03. The van der Waals surface area contributed by atoms with Gasteiger partial charge in [-0.05, 0) is 0 Å². The summed E-state index contributed by atoms with van der Waals surface area (Å²) in [4.78, 5) is 1.24. The molecule has 1 radical (unpaired) electrons. The van der Waals surface area contributed by atoms with Crippen LogP contribution in [0, 0.1) is 0 Å². The molecule has 0 aliphatic carbocycles. The molecule has 0 aromatic heterocycles. The van der Waals surface area contributed by atoms with Crippen LogP contribution in [0.5, 0.6) is 0 Å². The van der Waals surface area contributed by atoms with Crippen molar-refractivity contribution >= 4 is 53.9 Å². The quantitative estimate of drug-likeness (QED) is 0.202. The van der Waals surface area contributed by atoms with Crippen LogP contribution >= 0.6 is 23.1 Å². The second kappa shape index (κ2) is 37.2. The number of benzene rings is 2. The van der Waals surface area contributed by atoms with Crippen LogP contribution in [0.4, 0.5) is 0 Å². The van der Waals surface area contributed by atoms with Gasteiger partial charge >= 0.3 is 73.5 Å². The van der Waals surface area contributed by atoms with Gasteiger partial charge in [0.15, 0.2) is 0 Å². The zero-order valence-electron chi connectivity index (χ0n) is 11.5. The summed E-state index contributed by atoms with van der Waals surface area (Å²) < 4.78 is 23.6. The summed E-state index contributed by atoms with van der Waals surface area (Å²) in [6, 6.07) is 17.8. The van der Waals surface area contributed by atoms with Crippen molar-refractivity contribution in [3.8, 4) is 0 Å². The molecule has 0 saturated carbocycles. The Morgan fingerprint density at radius 2 is 0.828 bits per heavy atom. The van der Waals surface area contributed by atoms with Crippen molar-refractivity contribution in [1.82, 2.24) is 0 Å². The molecular weight excluding hydrogens is 820 g/mol. The van der Waals surface area contributed by atoms with Gasteiger partial charge in [0.25, 0.3) is 0 Å². The topological polar surface area (TPSA) is 34.1 Å². The second-order valence-electron chi connectivity index (χ2n) is 3.37. The minimum absolute atomic E-state index is 0. The Labute approximate surface area is 252 Å². The first-order valence-electron chi connectivity index (χ1n) is 5.34. The van der Waals surface area contributed by atoms with Crippen molar-refractivity contribution < 1.29 is 94.7 Å². The Bertz CT molecular complexity index is 700. The van der Waals surface area contributed by atoms with Crippen molar-refractivity contribution in [2.45, 2.75) is 46.9 Å². The Kier molecular flexibility index (Phi) is 73.8. The summed E-state index contributed by atoms with van der Waals surface area (Å²) >= 11 is 2.53. The molecule has 29 heavy (non-hydrogen) atoms. The molecule has 2 nitrogen and oxygen atoms in total. The monoisotopic (exact) mass is 848 g/mol. The van der Waals surface area contributed by atoms with E-state index in [1.54, 1.807) is 48.5 Å². The van der Waals surface area contributed by atoms with Crippen molar-refractivity contribution in [3.05, 3.63) is 60.7 Å². The van der Waals surface area contributed by atoms with E-state index in [9.17, 15) is 8.42 Å². The van der Waals surface area contributed by atoms with Gasteiger partial charge in [0, 0.05) is 22.4 Å². The SMILES string of the molecule is C.C.C.C.C.O=[S-](=C=C=[S-](=O)c1ccccc1)c1ccccc1.S.[Ag+].[Ag+].[Ag].[S]=[Ag]. The van der Waals surface area contributed by atoms with Crippen LogP contribution < -0.4 is 0 Å². The summed E-state index contributed by atoms with van der Waals surface area (Å²) in [5.74, 6) is 0. The fourth-order valence-electron chi connectivity index (χ4n) is 1.28. The zero-order chi connectivity index (χ0) is 14.8. The summed E-state index contributed by atoms with van der Waals surface area (Å²) in [6.45, 7) is 0. The molecule has 0 aliphatic rings. The molecule has 0 N–H and O–H groups in total. The molecule has 0 saturated heterocycles. The van der Waals surface area contributed by atoms with E-state index >= 15 is 0 Å². The summed E-state index contributed by atoms with van der Waals surface area (Å²) in [5, 5.41) is 5.04. The minimum atomic E-state index is -1.43. The number of hydrogen-bond acceptors (Lipinski definition) is 5. The molecule has 0 unspecified atom stereocenters. The molecule has 2 aromatic carbocycles. The third-order valence-electron chi connectivity index (χ3n) is 2.14. The van der Waals surface area contributed by atoms with E-state index in [2.05, 4.69) is 38.8 Å². The van der Waals surface area contributed by atoms with E-state index in [0.717, 1.165) is 0 Å². The van der Waals surface area contributed by atoms with Crippen LogP contribution in [0.3, 0.4) is 0 Å². The molecule has 188 valence electrons. The summed E-state index contributed by atoms with van der Waals surface area (Å²) in [6.07, 6.45) is 0. The molecule has 0 fully saturated rings. The maximum atomic E-state index is 11.8. The Morgan fingerprint density at radius 1 is 0.621 bits per heavy atom. The molecule has 0 heterocycles. The Morgan fingerprint density at radius 3 is 1.03 bits per heavy atom. The van der Waals surface area contributed by atoms with E-state index in [-0.39, 0.29) is 118 Å². The van der Waals surface area contributed by atoms with E-state index in [1.807, 2.05) is 12.1 Å². The predicted octanol–water partition coefficient (Wildman–Crippen LogP) is 6.32. The molecule has 0 atom stereocenters. The summed E-state index contributed by atoms with van der Waals surface area (Å²) in [5.41, 5.74) is 0. The van der Waals surface area contributed by atoms with Gasteiger partial charge in [-0.15, -0.1) is 9.79 Å². The van der Waals surface area contributed by atoms with Gasteiger partial charge in [-0.2, -0.15) is 34.3 Å². The average molecular weight is 852 g/mol. The molecular formula is C19H32Ag4O2S4. The van der Waals surface area contributed by atoms with Gasteiger partial charge < -0.3 is 8.42 Å². The first-order chi connectivity index (χ1) is 9.77. The van der Waals surface area contributed by atoms with Crippen LogP contribution in [0.2, 0.25) is 0 Å². The third kappa shape index (κ3) is 24.3. The van der Waals surface area contributed by atoms with Crippen molar-refractivity contribution in [2.24, 2.45) is 0 Å². The van der Waals surface area contributed by atoms with Crippen LogP contribution in [0.1, 0.15) is 37.1 Å². The Balaban J connectivity index is -0.0000000504. The van der Waals surface area contributed by atoms with Gasteiger partial charge in [0.1, 0.15) is 0 Å². The molecule has 0 amide bonds. The van der Waals surface area contributed by atoms with Gasteiger partial charge in [-0.25, -0.2) is 10.0 Å². The molecule has 2 rings (SSSR count).